The largest absolute Gasteiger partial charge is 0.475 e. The lowest BCUT2D eigenvalue weighted by Gasteiger charge is -2.31. The molecule has 1 heterocycles. The van der Waals surface area contributed by atoms with E-state index in [2.05, 4.69) is 17.2 Å². The van der Waals surface area contributed by atoms with Crippen LogP contribution in [0.2, 0.25) is 0 Å². The summed E-state index contributed by atoms with van der Waals surface area (Å²) in [5.41, 5.74) is -0.0463. The predicted molar refractivity (Wildman–Crippen MR) is 102 cm³/mol. The maximum atomic E-state index is 13.0. The highest BCUT2D eigenvalue weighted by molar-refractivity contribution is 5.97. The van der Waals surface area contributed by atoms with Crippen LogP contribution in [0.15, 0.2) is 18.3 Å². The van der Waals surface area contributed by atoms with Gasteiger partial charge in [0, 0.05) is 19.3 Å². The van der Waals surface area contributed by atoms with E-state index >= 15 is 0 Å². The maximum Gasteiger partial charge on any atom is 0.256 e. The van der Waals surface area contributed by atoms with Gasteiger partial charge in [-0.1, -0.05) is 32.6 Å². The molecule has 6 heteroatoms. The first-order valence-electron chi connectivity index (χ1n) is 9.82. The van der Waals surface area contributed by atoms with Gasteiger partial charge < -0.3 is 19.5 Å². The number of rotatable bonds is 10. The first-order valence-corrected chi connectivity index (χ1v) is 9.82. The number of nitrogens with one attached hydrogen (secondary N) is 1. The fourth-order valence-corrected chi connectivity index (χ4v) is 3.17. The van der Waals surface area contributed by atoms with E-state index in [0.717, 1.165) is 32.1 Å². The van der Waals surface area contributed by atoms with Crippen LogP contribution in [-0.2, 0) is 14.3 Å². The first-order chi connectivity index (χ1) is 12.7. The van der Waals surface area contributed by atoms with Gasteiger partial charge in [-0.3, -0.25) is 4.79 Å². The molecule has 1 aromatic rings. The molecule has 1 amide bonds. The molecular formula is C20H32N2O4. The molecule has 0 aromatic carbocycles. The van der Waals surface area contributed by atoms with Crippen molar-refractivity contribution in [3.05, 3.63) is 18.3 Å². The van der Waals surface area contributed by atoms with Gasteiger partial charge in [0.1, 0.15) is 12.2 Å². The summed E-state index contributed by atoms with van der Waals surface area (Å²) >= 11 is 0. The number of carbonyl (C=O) groups excluding carboxylic acids is 1. The summed E-state index contributed by atoms with van der Waals surface area (Å²) < 4.78 is 16.8. The highest BCUT2D eigenvalue weighted by Crippen LogP contribution is 2.32. The van der Waals surface area contributed by atoms with Gasteiger partial charge >= 0.3 is 0 Å². The fraction of sp³-hybridized carbons (Fsp3) is 0.700. The van der Waals surface area contributed by atoms with Gasteiger partial charge in [-0.05, 0) is 32.3 Å². The lowest BCUT2D eigenvalue weighted by molar-refractivity contribution is -0.143. The van der Waals surface area contributed by atoms with Gasteiger partial charge in [0.25, 0.3) is 5.91 Å². The molecule has 0 spiro atoms. The molecule has 0 saturated heterocycles. The standard InChI is InChI=1S/C20H32N2O4/c1-3-13-26-20(11-7-5-6-8-12-20)19(23)22-17-9-10-18(21-16-17)25-15-14-24-4-2/h9-10,16H,3-8,11-15H2,1-2H3,(H,22,23). The predicted octanol–water partition coefficient (Wildman–Crippen LogP) is 3.96. The molecule has 146 valence electrons. The van der Waals surface area contributed by atoms with Gasteiger partial charge in [0.15, 0.2) is 0 Å². The third-order valence-electron chi connectivity index (χ3n) is 4.58. The SMILES string of the molecule is CCCOC1(C(=O)Nc2ccc(OCCOCC)nc2)CCCCCC1. The van der Waals surface area contributed by atoms with Crippen molar-refractivity contribution in [3.63, 3.8) is 0 Å². The van der Waals surface area contributed by atoms with E-state index in [-0.39, 0.29) is 5.91 Å². The molecule has 1 N–H and O–H groups in total. The lowest BCUT2D eigenvalue weighted by atomic mass is 9.92. The number of hydrogen-bond donors (Lipinski definition) is 1. The van der Waals surface area contributed by atoms with Gasteiger partial charge in [-0.25, -0.2) is 4.98 Å². The summed E-state index contributed by atoms with van der Waals surface area (Å²) in [6.07, 6.45) is 8.49. The van der Waals surface area contributed by atoms with Crippen molar-refractivity contribution in [1.29, 1.82) is 0 Å². The van der Waals surface area contributed by atoms with Crippen LogP contribution >= 0.6 is 0 Å². The zero-order valence-electron chi connectivity index (χ0n) is 16.1. The molecule has 1 aromatic heterocycles. The van der Waals surface area contributed by atoms with Crippen LogP contribution in [0.3, 0.4) is 0 Å². The second kappa shape index (κ2) is 11.1. The molecule has 1 fully saturated rings. The molecule has 2 rings (SSSR count). The molecule has 26 heavy (non-hydrogen) atoms. The summed E-state index contributed by atoms with van der Waals surface area (Å²) in [6.45, 7) is 6.29. The van der Waals surface area contributed by atoms with Gasteiger partial charge in [0.05, 0.1) is 18.5 Å². The lowest BCUT2D eigenvalue weighted by Crippen LogP contribution is -2.45. The van der Waals surface area contributed by atoms with E-state index in [1.54, 1.807) is 12.3 Å². The van der Waals surface area contributed by atoms with Crippen LogP contribution in [0.25, 0.3) is 0 Å². The van der Waals surface area contributed by atoms with E-state index in [0.29, 0.717) is 38.0 Å². The Labute approximate surface area is 156 Å². The number of amides is 1. The second-order valence-electron chi connectivity index (χ2n) is 6.64. The topological polar surface area (TPSA) is 69.7 Å². The molecular weight excluding hydrogens is 332 g/mol. The third-order valence-corrected chi connectivity index (χ3v) is 4.58. The van der Waals surface area contributed by atoms with Gasteiger partial charge in [0.2, 0.25) is 5.88 Å². The van der Waals surface area contributed by atoms with Crippen molar-refractivity contribution >= 4 is 11.6 Å². The monoisotopic (exact) mass is 364 g/mol. The highest BCUT2D eigenvalue weighted by atomic mass is 16.5. The van der Waals surface area contributed by atoms with Crippen molar-refractivity contribution in [1.82, 2.24) is 4.98 Å². The second-order valence-corrected chi connectivity index (χ2v) is 6.64. The van der Waals surface area contributed by atoms with Crippen molar-refractivity contribution in [3.8, 4) is 5.88 Å². The summed E-state index contributed by atoms with van der Waals surface area (Å²) in [4.78, 5) is 17.2. The molecule has 1 aliphatic rings. The van der Waals surface area contributed by atoms with Crippen LogP contribution < -0.4 is 10.1 Å². The van der Waals surface area contributed by atoms with Crippen LogP contribution in [0.1, 0.15) is 58.8 Å². The van der Waals surface area contributed by atoms with Crippen LogP contribution in [-0.4, -0.2) is 42.9 Å². The minimum atomic E-state index is -0.709. The quantitative estimate of drug-likeness (QED) is 0.503. The van der Waals surface area contributed by atoms with Crippen LogP contribution in [0, 0.1) is 0 Å². The number of anilines is 1. The van der Waals surface area contributed by atoms with Crippen LogP contribution in [0.4, 0.5) is 5.69 Å². The summed E-state index contributed by atoms with van der Waals surface area (Å²) in [6, 6.07) is 3.57. The maximum absolute atomic E-state index is 13.0. The van der Waals surface area contributed by atoms with Gasteiger partial charge in [-0.2, -0.15) is 0 Å². The van der Waals surface area contributed by atoms with E-state index in [1.807, 2.05) is 13.0 Å². The highest BCUT2D eigenvalue weighted by Gasteiger charge is 2.39. The Morgan fingerprint density at radius 2 is 1.88 bits per heavy atom. The molecule has 0 radical (unpaired) electrons. The number of carbonyl (C=O) groups is 1. The van der Waals surface area contributed by atoms with Crippen molar-refractivity contribution in [2.24, 2.45) is 0 Å². The average molecular weight is 364 g/mol. The summed E-state index contributed by atoms with van der Waals surface area (Å²) in [5.74, 6) is 0.466. The summed E-state index contributed by atoms with van der Waals surface area (Å²) in [5, 5.41) is 2.99. The number of aromatic nitrogens is 1. The number of nitrogens with zero attached hydrogens (tertiary/aromatic N) is 1. The molecule has 1 aliphatic carbocycles. The van der Waals surface area contributed by atoms with Crippen molar-refractivity contribution in [2.75, 3.05) is 31.7 Å². The number of pyridine rings is 1. The Morgan fingerprint density at radius 1 is 1.12 bits per heavy atom. The summed E-state index contributed by atoms with van der Waals surface area (Å²) in [7, 11) is 0. The minimum Gasteiger partial charge on any atom is -0.475 e. The molecule has 1 saturated carbocycles. The Morgan fingerprint density at radius 3 is 2.50 bits per heavy atom. The minimum absolute atomic E-state index is 0.0559. The van der Waals surface area contributed by atoms with E-state index < -0.39 is 5.60 Å². The van der Waals surface area contributed by atoms with Gasteiger partial charge in [-0.15, -0.1) is 0 Å². The van der Waals surface area contributed by atoms with Crippen molar-refractivity contribution < 1.29 is 19.0 Å². The first kappa shape index (κ1) is 20.6. The average Bonchev–Trinajstić information content (AvgIpc) is 2.91. The van der Waals surface area contributed by atoms with Crippen molar-refractivity contribution in [2.45, 2.75) is 64.4 Å². The van der Waals surface area contributed by atoms with E-state index in [4.69, 9.17) is 14.2 Å². The normalized spacial score (nSPS) is 16.7. The molecule has 6 nitrogen and oxygen atoms in total. The third kappa shape index (κ3) is 6.25. The fourth-order valence-electron chi connectivity index (χ4n) is 3.17. The number of ether oxygens (including phenoxy) is 3. The smallest absolute Gasteiger partial charge is 0.256 e. The van der Waals surface area contributed by atoms with E-state index in [9.17, 15) is 4.79 Å². The Kier molecular flexibility index (Phi) is 8.85. The Bertz CT molecular complexity index is 525. The molecule has 0 atom stereocenters. The zero-order valence-corrected chi connectivity index (χ0v) is 16.1. The Balaban J connectivity index is 1.94. The number of hydrogen-bond acceptors (Lipinski definition) is 5. The molecule has 0 aliphatic heterocycles. The molecule has 0 bridgehead atoms. The zero-order chi connectivity index (χ0) is 18.7. The Hall–Kier alpha value is -1.66. The van der Waals surface area contributed by atoms with Crippen LogP contribution in [0.5, 0.6) is 5.88 Å². The van der Waals surface area contributed by atoms with E-state index in [1.165, 1.54) is 12.8 Å². The molecule has 0 unspecified atom stereocenters.